The Hall–Kier alpha value is -3.39. The number of hydrogen-bond acceptors (Lipinski definition) is 8. The van der Waals surface area contributed by atoms with Gasteiger partial charge in [0.15, 0.2) is 0 Å². The average molecular weight is 385 g/mol. The number of rotatable bonds is 4. The highest BCUT2D eigenvalue weighted by Crippen LogP contribution is 2.30. The first-order valence-corrected chi connectivity index (χ1v) is 8.38. The van der Waals surface area contributed by atoms with Crippen LogP contribution < -0.4 is 4.90 Å². The van der Waals surface area contributed by atoms with E-state index in [1.165, 1.54) is 26.2 Å². The lowest BCUT2D eigenvalue weighted by Gasteiger charge is -2.31. The Labute approximate surface area is 161 Å². The first-order chi connectivity index (χ1) is 13.5. The normalized spacial score (nSPS) is 14.0. The average Bonchev–Trinajstić information content (AvgIpc) is 2.75. The maximum Gasteiger partial charge on any atom is 0.355 e. The van der Waals surface area contributed by atoms with Crippen molar-refractivity contribution < 1.29 is 33.3 Å². The van der Waals surface area contributed by atoms with E-state index in [0.717, 1.165) is 5.39 Å². The van der Waals surface area contributed by atoms with Gasteiger partial charge in [0, 0.05) is 5.69 Å². The van der Waals surface area contributed by atoms with Crippen molar-refractivity contribution in [3.8, 4) is 0 Å². The summed E-state index contributed by atoms with van der Waals surface area (Å²) in [6, 6.07) is 10.5. The first kappa shape index (κ1) is 19.4. The van der Waals surface area contributed by atoms with Gasteiger partial charge in [-0.1, -0.05) is 18.2 Å². The van der Waals surface area contributed by atoms with Gasteiger partial charge in [-0.15, -0.1) is 0 Å². The summed E-state index contributed by atoms with van der Waals surface area (Å²) >= 11 is 0. The van der Waals surface area contributed by atoms with Crippen molar-refractivity contribution in [1.29, 1.82) is 0 Å². The SMILES string of the molecule is COC(=O)C1=C(C(=O)OC)N(c2ccc3c(C(=O)OC)cccc3c2)COC1. The molecule has 0 aliphatic carbocycles. The Balaban J connectivity index is 2.13. The number of ether oxygens (including phenoxy) is 4. The highest BCUT2D eigenvalue weighted by atomic mass is 16.5. The number of carbonyl (C=O) groups is 3. The van der Waals surface area contributed by atoms with Crippen LogP contribution in [0.3, 0.4) is 0 Å². The van der Waals surface area contributed by atoms with Gasteiger partial charge in [-0.2, -0.15) is 0 Å². The van der Waals surface area contributed by atoms with E-state index in [-0.39, 0.29) is 24.6 Å². The second-order valence-corrected chi connectivity index (χ2v) is 5.92. The predicted octanol–water partition coefficient (Wildman–Crippen LogP) is 2.02. The molecule has 0 aromatic heterocycles. The lowest BCUT2D eigenvalue weighted by molar-refractivity contribution is -0.140. The smallest absolute Gasteiger partial charge is 0.355 e. The maximum absolute atomic E-state index is 12.4. The Morgan fingerprint density at radius 3 is 2.32 bits per heavy atom. The van der Waals surface area contributed by atoms with Crippen LogP contribution in [0.25, 0.3) is 10.8 Å². The van der Waals surface area contributed by atoms with Crippen LogP contribution in [0, 0.1) is 0 Å². The van der Waals surface area contributed by atoms with Crippen LogP contribution in [-0.2, 0) is 28.5 Å². The van der Waals surface area contributed by atoms with Crippen LogP contribution in [0.5, 0.6) is 0 Å². The molecule has 146 valence electrons. The van der Waals surface area contributed by atoms with E-state index in [1.807, 2.05) is 6.07 Å². The molecule has 0 saturated heterocycles. The summed E-state index contributed by atoms with van der Waals surface area (Å²) < 4.78 is 19.9. The molecule has 8 nitrogen and oxygen atoms in total. The van der Waals surface area contributed by atoms with E-state index < -0.39 is 17.9 Å². The molecule has 0 N–H and O–H groups in total. The number of carbonyl (C=O) groups excluding carboxylic acids is 3. The Morgan fingerprint density at radius 2 is 1.64 bits per heavy atom. The molecule has 8 heteroatoms. The van der Waals surface area contributed by atoms with E-state index in [0.29, 0.717) is 16.6 Å². The topological polar surface area (TPSA) is 91.4 Å². The van der Waals surface area contributed by atoms with Gasteiger partial charge in [0.2, 0.25) is 0 Å². The minimum absolute atomic E-state index is 0.0487. The van der Waals surface area contributed by atoms with Crippen LogP contribution >= 0.6 is 0 Å². The minimum atomic E-state index is -0.674. The van der Waals surface area contributed by atoms with Crippen molar-refractivity contribution in [2.75, 3.05) is 39.6 Å². The van der Waals surface area contributed by atoms with Gasteiger partial charge in [0.05, 0.1) is 39.1 Å². The summed E-state index contributed by atoms with van der Waals surface area (Å²) in [4.78, 5) is 38.0. The Bertz CT molecular complexity index is 980. The molecule has 1 heterocycles. The van der Waals surface area contributed by atoms with Crippen LogP contribution in [-0.4, -0.2) is 52.6 Å². The molecule has 0 fully saturated rings. The second-order valence-electron chi connectivity index (χ2n) is 5.92. The number of anilines is 1. The third-order valence-corrected chi connectivity index (χ3v) is 4.41. The first-order valence-electron chi connectivity index (χ1n) is 8.38. The molecule has 0 unspecified atom stereocenters. The number of nitrogens with zero attached hydrogens (tertiary/aromatic N) is 1. The summed E-state index contributed by atoms with van der Waals surface area (Å²) in [5.74, 6) is -1.78. The standard InChI is InChI=1S/C20H19NO7/c1-25-18(22)15-6-4-5-12-9-13(7-8-14(12)15)21-11-28-10-16(19(23)26-2)17(21)20(24)27-3/h4-9H,10-11H2,1-3H3. The van der Waals surface area contributed by atoms with Crippen molar-refractivity contribution in [3.05, 3.63) is 53.2 Å². The molecule has 0 radical (unpaired) electrons. The van der Waals surface area contributed by atoms with Gasteiger partial charge < -0.3 is 23.8 Å². The van der Waals surface area contributed by atoms with Crippen LogP contribution in [0.4, 0.5) is 5.69 Å². The van der Waals surface area contributed by atoms with Crippen molar-refractivity contribution in [1.82, 2.24) is 0 Å². The quantitative estimate of drug-likeness (QED) is 0.583. The third-order valence-electron chi connectivity index (χ3n) is 4.41. The number of fused-ring (bicyclic) bond motifs is 1. The summed E-state index contributed by atoms with van der Waals surface area (Å²) in [6.45, 7) is -0.0131. The highest BCUT2D eigenvalue weighted by molar-refractivity contribution is 6.06. The number of methoxy groups -OCH3 is 3. The molecular weight excluding hydrogens is 366 g/mol. The molecule has 0 saturated carbocycles. The molecule has 3 rings (SSSR count). The zero-order valence-corrected chi connectivity index (χ0v) is 15.7. The Kier molecular flexibility index (Phi) is 5.60. The Morgan fingerprint density at radius 1 is 0.929 bits per heavy atom. The fourth-order valence-corrected chi connectivity index (χ4v) is 3.07. The molecule has 1 aliphatic rings. The monoisotopic (exact) mass is 385 g/mol. The van der Waals surface area contributed by atoms with E-state index in [1.54, 1.807) is 30.3 Å². The molecule has 0 amide bonds. The van der Waals surface area contributed by atoms with E-state index in [9.17, 15) is 14.4 Å². The fourth-order valence-electron chi connectivity index (χ4n) is 3.07. The van der Waals surface area contributed by atoms with Gasteiger partial charge in [-0.05, 0) is 29.0 Å². The van der Waals surface area contributed by atoms with E-state index in [2.05, 4.69) is 0 Å². The van der Waals surface area contributed by atoms with Crippen molar-refractivity contribution in [3.63, 3.8) is 0 Å². The fraction of sp³-hybridized carbons (Fsp3) is 0.250. The molecule has 0 atom stereocenters. The lowest BCUT2D eigenvalue weighted by atomic mass is 10.0. The third kappa shape index (κ3) is 3.41. The summed E-state index contributed by atoms with van der Waals surface area (Å²) in [7, 11) is 3.79. The van der Waals surface area contributed by atoms with Crippen LogP contribution in [0.2, 0.25) is 0 Å². The van der Waals surface area contributed by atoms with Gasteiger partial charge in [-0.25, -0.2) is 14.4 Å². The van der Waals surface area contributed by atoms with Gasteiger partial charge >= 0.3 is 17.9 Å². The zero-order valence-electron chi connectivity index (χ0n) is 15.7. The molecule has 1 aliphatic heterocycles. The zero-order chi connectivity index (χ0) is 20.3. The van der Waals surface area contributed by atoms with Gasteiger partial charge in [-0.3, -0.25) is 0 Å². The molecule has 0 bridgehead atoms. The van der Waals surface area contributed by atoms with E-state index >= 15 is 0 Å². The highest BCUT2D eigenvalue weighted by Gasteiger charge is 2.32. The molecule has 0 spiro atoms. The summed E-state index contributed by atoms with van der Waals surface area (Å²) in [6.07, 6.45) is 0. The molecule has 2 aromatic carbocycles. The lowest BCUT2D eigenvalue weighted by Crippen LogP contribution is -2.38. The largest absolute Gasteiger partial charge is 0.466 e. The second kappa shape index (κ2) is 8.10. The molecular formula is C20H19NO7. The number of hydrogen-bond donors (Lipinski definition) is 0. The molecule has 28 heavy (non-hydrogen) atoms. The van der Waals surface area contributed by atoms with Crippen molar-refractivity contribution >= 4 is 34.4 Å². The minimum Gasteiger partial charge on any atom is -0.466 e. The van der Waals surface area contributed by atoms with Gasteiger partial charge in [0.25, 0.3) is 0 Å². The summed E-state index contributed by atoms with van der Waals surface area (Å²) in [5, 5.41) is 1.46. The van der Waals surface area contributed by atoms with Crippen molar-refractivity contribution in [2.45, 2.75) is 0 Å². The molecule has 2 aromatic rings. The van der Waals surface area contributed by atoms with Crippen LogP contribution in [0.15, 0.2) is 47.7 Å². The summed E-state index contributed by atoms with van der Waals surface area (Å²) in [5.41, 5.74) is 1.16. The number of esters is 3. The maximum atomic E-state index is 12.4. The predicted molar refractivity (Wildman–Crippen MR) is 99.6 cm³/mol. The van der Waals surface area contributed by atoms with Crippen molar-refractivity contribution in [2.24, 2.45) is 0 Å². The van der Waals surface area contributed by atoms with E-state index in [4.69, 9.17) is 18.9 Å². The number of benzene rings is 2. The van der Waals surface area contributed by atoms with Crippen LogP contribution in [0.1, 0.15) is 10.4 Å². The van der Waals surface area contributed by atoms with Gasteiger partial charge in [0.1, 0.15) is 12.4 Å².